The van der Waals surface area contributed by atoms with E-state index in [9.17, 15) is 9.59 Å². The van der Waals surface area contributed by atoms with Gasteiger partial charge < -0.3 is 15.2 Å². The number of fused-ring (bicyclic) bond motifs is 2. The van der Waals surface area contributed by atoms with Gasteiger partial charge in [-0.1, -0.05) is 37.3 Å². The van der Waals surface area contributed by atoms with Gasteiger partial charge in [-0.3, -0.25) is 9.59 Å². The number of H-pyrrole nitrogens is 1. The van der Waals surface area contributed by atoms with Crippen molar-refractivity contribution in [2.24, 2.45) is 5.41 Å². The van der Waals surface area contributed by atoms with E-state index in [0.29, 0.717) is 21.1 Å². The van der Waals surface area contributed by atoms with Crippen LogP contribution in [0.4, 0.5) is 0 Å². The molecule has 166 valence electrons. The minimum atomic E-state index is -0.170. The van der Waals surface area contributed by atoms with Gasteiger partial charge in [-0.2, -0.15) is 0 Å². The van der Waals surface area contributed by atoms with Crippen LogP contribution in [-0.2, 0) is 6.42 Å². The van der Waals surface area contributed by atoms with Crippen molar-refractivity contribution in [2.75, 3.05) is 0 Å². The van der Waals surface area contributed by atoms with E-state index in [1.165, 1.54) is 29.6 Å². The molecule has 2 aliphatic heterocycles. The number of rotatable bonds is 3. The Hall–Kier alpha value is -2.51. The third-order valence-electron chi connectivity index (χ3n) is 8.21. The molecule has 4 heterocycles. The first-order valence-corrected chi connectivity index (χ1v) is 12.4. The molecule has 2 aromatic heterocycles. The molecule has 0 spiro atoms. The SMILES string of the molecule is Cc1c(C(=O)N2[C@H]3CCC[C@H]4N[C@H](Cc5ccccc5)[C@@H]2C[C@@]34C)sc2nc[nH]c(=O)c12. The molecule has 1 amide bonds. The zero-order chi connectivity index (χ0) is 22.0. The van der Waals surface area contributed by atoms with Crippen molar-refractivity contribution in [1.82, 2.24) is 20.2 Å². The number of hydrogen-bond donors (Lipinski definition) is 2. The van der Waals surface area contributed by atoms with Gasteiger partial charge in [-0.05, 0) is 50.2 Å². The van der Waals surface area contributed by atoms with Crippen LogP contribution < -0.4 is 10.9 Å². The highest BCUT2D eigenvalue weighted by Crippen LogP contribution is 2.54. The molecular weight excluding hydrogens is 420 g/mol. The molecule has 1 aromatic carbocycles. The lowest BCUT2D eigenvalue weighted by molar-refractivity contribution is 0.0563. The molecule has 3 aromatic rings. The number of aromatic amines is 1. The van der Waals surface area contributed by atoms with E-state index < -0.39 is 0 Å². The van der Waals surface area contributed by atoms with Gasteiger partial charge in [0.1, 0.15) is 4.83 Å². The van der Waals surface area contributed by atoms with Gasteiger partial charge in [0.05, 0.1) is 16.6 Å². The zero-order valence-electron chi connectivity index (χ0n) is 18.4. The van der Waals surface area contributed by atoms with Crippen molar-refractivity contribution in [1.29, 1.82) is 0 Å². The average Bonchev–Trinajstić information content (AvgIpc) is 3.29. The summed E-state index contributed by atoms with van der Waals surface area (Å²) in [4.78, 5) is 37.0. The Bertz CT molecular complexity index is 1250. The molecule has 2 saturated heterocycles. The molecule has 3 fully saturated rings. The standard InChI is InChI=1S/C25H28N4O2S/c1-14-20-22(30)26-13-27-23(20)32-21(14)24(31)29-17-12-25(2)18(9-6-10-19(25)29)28-16(17)11-15-7-4-3-5-8-15/h3-5,7-8,13,16-19,28H,6,9-12H2,1-2H3,(H,26,27,30)/t16-,17+,18-,19+,25-/m1/s1. The van der Waals surface area contributed by atoms with Crippen molar-refractivity contribution in [3.05, 3.63) is 63.0 Å². The number of hydrogen-bond acceptors (Lipinski definition) is 5. The number of aryl methyl sites for hydroxylation is 1. The highest BCUT2D eigenvalue weighted by Gasteiger charge is 2.61. The Labute approximate surface area is 191 Å². The van der Waals surface area contributed by atoms with Crippen LogP contribution in [0.15, 0.2) is 41.5 Å². The van der Waals surface area contributed by atoms with Gasteiger partial charge in [-0.15, -0.1) is 11.3 Å². The van der Waals surface area contributed by atoms with Gasteiger partial charge in [0.15, 0.2) is 0 Å². The third kappa shape index (κ3) is 2.83. The second kappa shape index (κ2) is 7.25. The monoisotopic (exact) mass is 448 g/mol. The minimum absolute atomic E-state index is 0.0750. The van der Waals surface area contributed by atoms with Crippen molar-refractivity contribution < 1.29 is 4.79 Å². The first kappa shape index (κ1) is 20.1. The van der Waals surface area contributed by atoms with Crippen molar-refractivity contribution >= 4 is 27.5 Å². The van der Waals surface area contributed by atoms with Gasteiger partial charge >= 0.3 is 0 Å². The molecule has 2 N–H and O–H groups in total. The molecule has 6 rings (SSSR count). The lowest BCUT2D eigenvalue weighted by Gasteiger charge is -2.46. The van der Waals surface area contributed by atoms with Crippen molar-refractivity contribution in [2.45, 2.75) is 70.1 Å². The van der Waals surface area contributed by atoms with E-state index in [4.69, 9.17) is 0 Å². The molecule has 1 aliphatic carbocycles. The summed E-state index contributed by atoms with van der Waals surface area (Å²) in [5.41, 5.74) is 2.00. The molecule has 5 atom stereocenters. The summed E-state index contributed by atoms with van der Waals surface area (Å²) >= 11 is 1.36. The number of likely N-dealkylation sites (tertiary alicyclic amines) is 1. The highest BCUT2D eigenvalue weighted by atomic mass is 32.1. The van der Waals surface area contributed by atoms with E-state index in [1.807, 2.05) is 13.0 Å². The van der Waals surface area contributed by atoms with Crippen LogP contribution in [0.25, 0.3) is 10.2 Å². The summed E-state index contributed by atoms with van der Waals surface area (Å²) in [5, 5.41) is 4.52. The number of piperidine rings is 1. The fourth-order valence-corrected chi connectivity index (χ4v) is 7.75. The second-order valence-electron chi connectivity index (χ2n) is 9.92. The van der Waals surface area contributed by atoms with E-state index >= 15 is 0 Å². The molecule has 1 saturated carbocycles. The van der Waals surface area contributed by atoms with E-state index in [-0.39, 0.29) is 35.0 Å². The fourth-order valence-electron chi connectivity index (χ4n) is 6.66. The highest BCUT2D eigenvalue weighted by molar-refractivity contribution is 7.20. The first-order chi connectivity index (χ1) is 15.5. The van der Waals surface area contributed by atoms with Crippen LogP contribution in [0.2, 0.25) is 0 Å². The maximum Gasteiger partial charge on any atom is 0.264 e. The summed E-state index contributed by atoms with van der Waals surface area (Å²) in [7, 11) is 0. The molecule has 0 radical (unpaired) electrons. The van der Waals surface area contributed by atoms with Gasteiger partial charge in [-0.25, -0.2) is 4.98 Å². The van der Waals surface area contributed by atoms with Crippen LogP contribution in [0.5, 0.6) is 0 Å². The predicted molar refractivity (Wildman–Crippen MR) is 126 cm³/mol. The third-order valence-corrected chi connectivity index (χ3v) is 9.40. The molecule has 32 heavy (non-hydrogen) atoms. The quantitative estimate of drug-likeness (QED) is 0.641. The molecule has 6 nitrogen and oxygen atoms in total. The van der Waals surface area contributed by atoms with Gasteiger partial charge in [0, 0.05) is 29.6 Å². The van der Waals surface area contributed by atoms with Crippen molar-refractivity contribution in [3.8, 4) is 0 Å². The molecular formula is C25H28N4O2S. The lowest BCUT2D eigenvalue weighted by Crippen LogP contribution is -2.58. The number of aromatic nitrogens is 2. The summed E-state index contributed by atoms with van der Waals surface area (Å²) in [5.74, 6) is 0.0750. The predicted octanol–water partition coefficient (Wildman–Crippen LogP) is 3.65. The van der Waals surface area contributed by atoms with E-state index in [0.717, 1.165) is 31.2 Å². The van der Waals surface area contributed by atoms with Crippen LogP contribution in [0.1, 0.15) is 53.4 Å². The van der Waals surface area contributed by atoms with Crippen molar-refractivity contribution in [3.63, 3.8) is 0 Å². The average molecular weight is 449 g/mol. The summed E-state index contributed by atoms with van der Waals surface area (Å²) in [6.07, 6.45) is 6.75. The Balaban J connectivity index is 1.42. The Morgan fingerprint density at radius 3 is 2.88 bits per heavy atom. The maximum atomic E-state index is 14.1. The normalized spacial score (nSPS) is 31.2. The summed E-state index contributed by atoms with van der Waals surface area (Å²) in [6.45, 7) is 4.26. The maximum absolute atomic E-state index is 14.1. The zero-order valence-corrected chi connectivity index (χ0v) is 19.2. The number of thiophene rings is 1. The molecule has 2 bridgehead atoms. The number of nitrogens with zero attached hydrogens (tertiary/aromatic N) is 2. The Kier molecular flexibility index (Phi) is 4.56. The fraction of sp³-hybridized carbons (Fsp3) is 0.480. The first-order valence-electron chi connectivity index (χ1n) is 11.6. The van der Waals surface area contributed by atoms with Gasteiger partial charge in [0.25, 0.3) is 11.5 Å². The molecule has 0 unspecified atom stereocenters. The molecule has 7 heteroatoms. The summed E-state index contributed by atoms with van der Waals surface area (Å²) < 4.78 is 0. The van der Waals surface area contributed by atoms with E-state index in [2.05, 4.69) is 51.4 Å². The lowest BCUT2D eigenvalue weighted by atomic mass is 9.65. The van der Waals surface area contributed by atoms with Crippen LogP contribution in [-0.4, -0.2) is 44.9 Å². The number of nitrogens with one attached hydrogen (secondary N) is 2. The Morgan fingerprint density at radius 1 is 1.28 bits per heavy atom. The summed E-state index contributed by atoms with van der Waals surface area (Å²) in [6, 6.07) is 11.6. The van der Waals surface area contributed by atoms with E-state index in [1.54, 1.807) is 0 Å². The Morgan fingerprint density at radius 2 is 2.09 bits per heavy atom. The van der Waals surface area contributed by atoms with Gasteiger partial charge in [0.2, 0.25) is 0 Å². The number of benzene rings is 1. The van der Waals surface area contributed by atoms with Crippen LogP contribution >= 0.6 is 11.3 Å². The number of carbonyl (C=O) groups is 1. The second-order valence-corrected chi connectivity index (χ2v) is 10.9. The smallest absolute Gasteiger partial charge is 0.264 e. The number of carbonyl (C=O) groups excluding carboxylic acids is 1. The topological polar surface area (TPSA) is 78.1 Å². The van der Waals surface area contributed by atoms with Crippen LogP contribution in [0, 0.1) is 12.3 Å². The minimum Gasteiger partial charge on any atom is -0.330 e. The van der Waals surface area contributed by atoms with Crippen LogP contribution in [0.3, 0.4) is 0 Å². The largest absolute Gasteiger partial charge is 0.330 e. The number of amides is 1. The molecule has 3 aliphatic rings.